The zero-order chi connectivity index (χ0) is 27.6. The summed E-state index contributed by atoms with van der Waals surface area (Å²) in [6.07, 6.45) is 0. The van der Waals surface area contributed by atoms with Crippen molar-refractivity contribution < 1.29 is 26.0 Å². The molecule has 11 heteroatoms. The van der Waals surface area contributed by atoms with Crippen molar-refractivity contribution in [2.45, 2.75) is 16.3 Å². The van der Waals surface area contributed by atoms with Gasteiger partial charge in [-0.1, -0.05) is 60.7 Å². The highest BCUT2D eigenvalue weighted by Gasteiger charge is 2.29. The maximum Gasteiger partial charge on any atom is 0.265 e. The van der Waals surface area contributed by atoms with Gasteiger partial charge in [-0.2, -0.15) is 4.31 Å². The van der Waals surface area contributed by atoms with Gasteiger partial charge in [0.25, 0.3) is 15.9 Å². The molecule has 1 N–H and O–H groups in total. The van der Waals surface area contributed by atoms with Crippen LogP contribution < -0.4 is 4.72 Å². The Morgan fingerprint density at radius 3 is 2.21 bits per heavy atom. The summed E-state index contributed by atoms with van der Waals surface area (Å²) < 4.78 is 70.1. The molecule has 5 rings (SSSR count). The van der Waals surface area contributed by atoms with E-state index >= 15 is 0 Å². The summed E-state index contributed by atoms with van der Waals surface area (Å²) in [6, 6.07) is 23.6. The first-order valence-electron chi connectivity index (χ1n) is 12.3. The molecule has 0 aliphatic carbocycles. The number of fused-ring (bicyclic) bond motifs is 1. The Bertz CT molecular complexity index is 1740. The van der Waals surface area contributed by atoms with Gasteiger partial charge >= 0.3 is 0 Å². The lowest BCUT2D eigenvalue weighted by Crippen LogP contribution is -2.48. The Balaban J connectivity index is 1.29. The van der Waals surface area contributed by atoms with Crippen molar-refractivity contribution in [3.63, 3.8) is 0 Å². The number of halogens is 1. The van der Waals surface area contributed by atoms with E-state index in [2.05, 4.69) is 4.90 Å². The van der Waals surface area contributed by atoms with Crippen molar-refractivity contribution in [1.82, 2.24) is 13.9 Å². The Morgan fingerprint density at radius 2 is 1.46 bits per heavy atom. The van der Waals surface area contributed by atoms with Gasteiger partial charge in [-0.05, 0) is 41.3 Å². The van der Waals surface area contributed by atoms with E-state index in [1.165, 1.54) is 34.6 Å². The van der Waals surface area contributed by atoms with Crippen LogP contribution in [0.4, 0.5) is 4.39 Å². The quantitative estimate of drug-likeness (QED) is 0.366. The number of benzene rings is 4. The molecule has 8 nitrogen and oxygen atoms in total. The summed E-state index contributed by atoms with van der Waals surface area (Å²) >= 11 is 0. The molecule has 4 aromatic rings. The highest BCUT2D eigenvalue weighted by Crippen LogP contribution is 2.24. The van der Waals surface area contributed by atoms with Crippen LogP contribution in [0, 0.1) is 5.82 Å². The molecule has 0 spiro atoms. The Labute approximate surface area is 226 Å². The van der Waals surface area contributed by atoms with Crippen LogP contribution in [0.5, 0.6) is 0 Å². The normalized spacial score (nSPS) is 15.3. The minimum atomic E-state index is -4.43. The molecule has 0 unspecified atom stereocenters. The fourth-order valence-electron chi connectivity index (χ4n) is 4.55. The van der Waals surface area contributed by atoms with Crippen molar-refractivity contribution >= 4 is 36.7 Å². The van der Waals surface area contributed by atoms with E-state index < -0.39 is 36.7 Å². The number of rotatable bonds is 7. The number of nitrogens with zero attached hydrogens (tertiary/aromatic N) is 2. The third-order valence-electron chi connectivity index (χ3n) is 6.64. The summed E-state index contributed by atoms with van der Waals surface area (Å²) in [6.45, 7) is 2.39. The van der Waals surface area contributed by atoms with Gasteiger partial charge in [0.2, 0.25) is 10.0 Å². The van der Waals surface area contributed by atoms with Crippen molar-refractivity contribution in [2.24, 2.45) is 0 Å². The van der Waals surface area contributed by atoms with Crippen molar-refractivity contribution in [2.75, 3.05) is 26.2 Å². The molecule has 1 aliphatic heterocycles. The second-order valence-electron chi connectivity index (χ2n) is 9.25. The molecule has 0 saturated carbocycles. The largest absolute Gasteiger partial charge is 0.296 e. The molecule has 1 aliphatic rings. The average Bonchev–Trinajstić information content (AvgIpc) is 2.94. The zero-order valence-corrected chi connectivity index (χ0v) is 22.5. The first kappa shape index (κ1) is 26.9. The number of hydrogen-bond acceptors (Lipinski definition) is 6. The smallest absolute Gasteiger partial charge is 0.265 e. The predicted octanol–water partition coefficient (Wildman–Crippen LogP) is 3.60. The van der Waals surface area contributed by atoms with Crippen molar-refractivity contribution in [3.05, 3.63) is 108 Å². The third kappa shape index (κ3) is 5.86. The third-order valence-corrected chi connectivity index (χ3v) is 9.84. The van der Waals surface area contributed by atoms with Gasteiger partial charge in [0.05, 0.1) is 9.79 Å². The number of nitrogens with one attached hydrogen (secondary N) is 1. The van der Waals surface area contributed by atoms with E-state index in [1.807, 2.05) is 35.1 Å². The van der Waals surface area contributed by atoms with Crippen LogP contribution in [-0.2, 0) is 26.6 Å². The molecule has 1 heterocycles. The molecule has 4 aromatic carbocycles. The average molecular weight is 568 g/mol. The lowest BCUT2D eigenvalue weighted by Gasteiger charge is -2.34. The van der Waals surface area contributed by atoms with Crippen molar-refractivity contribution in [1.29, 1.82) is 0 Å². The van der Waals surface area contributed by atoms with Gasteiger partial charge < -0.3 is 0 Å². The molecule has 0 radical (unpaired) electrons. The van der Waals surface area contributed by atoms with Crippen LogP contribution >= 0.6 is 0 Å². The van der Waals surface area contributed by atoms with E-state index in [0.29, 0.717) is 18.5 Å². The van der Waals surface area contributed by atoms with Gasteiger partial charge in [0.1, 0.15) is 5.82 Å². The Kier molecular flexibility index (Phi) is 7.50. The molecule has 39 heavy (non-hydrogen) atoms. The lowest BCUT2D eigenvalue weighted by atomic mass is 10.1. The van der Waals surface area contributed by atoms with Crippen LogP contribution in [0.15, 0.2) is 101 Å². The highest BCUT2D eigenvalue weighted by atomic mass is 32.2. The summed E-state index contributed by atoms with van der Waals surface area (Å²) in [5.41, 5.74) is 0.998. The minimum absolute atomic E-state index is 0.110. The molecular formula is C28H26FN3O5S2. The topological polar surface area (TPSA) is 104 Å². The van der Waals surface area contributed by atoms with Crippen LogP contribution in [0.2, 0.25) is 0 Å². The first-order valence-corrected chi connectivity index (χ1v) is 15.2. The van der Waals surface area contributed by atoms with Crippen LogP contribution in [0.1, 0.15) is 15.9 Å². The lowest BCUT2D eigenvalue weighted by molar-refractivity contribution is 0.0981. The Hall–Kier alpha value is -3.64. The van der Waals surface area contributed by atoms with Gasteiger partial charge in [-0.25, -0.2) is 25.9 Å². The van der Waals surface area contributed by atoms with E-state index in [9.17, 15) is 26.0 Å². The first-order chi connectivity index (χ1) is 18.6. The van der Waals surface area contributed by atoms with E-state index in [4.69, 9.17) is 0 Å². The SMILES string of the molecule is O=C(NS(=O)(=O)c1cc(F)c2ccccc2c1)c1cccc(S(=O)(=O)N2CCN(Cc3ccccc3)CC2)c1. The molecule has 0 atom stereocenters. The fraction of sp³-hybridized carbons (Fsp3) is 0.179. The maximum absolute atomic E-state index is 14.5. The monoisotopic (exact) mass is 567 g/mol. The number of sulfonamides is 2. The number of hydrogen-bond donors (Lipinski definition) is 1. The van der Waals surface area contributed by atoms with Gasteiger partial charge in [0.15, 0.2) is 0 Å². The van der Waals surface area contributed by atoms with Crippen LogP contribution in [0.3, 0.4) is 0 Å². The molecule has 0 aromatic heterocycles. The zero-order valence-electron chi connectivity index (χ0n) is 20.8. The molecule has 1 amide bonds. The van der Waals surface area contributed by atoms with Gasteiger partial charge in [-0.3, -0.25) is 9.69 Å². The van der Waals surface area contributed by atoms with E-state index in [-0.39, 0.29) is 28.9 Å². The highest BCUT2D eigenvalue weighted by molar-refractivity contribution is 7.90. The summed E-state index contributed by atoms with van der Waals surface area (Å²) in [5, 5.41) is 0.615. The fourth-order valence-corrected chi connectivity index (χ4v) is 7.04. The van der Waals surface area contributed by atoms with Gasteiger partial charge in [-0.15, -0.1) is 0 Å². The van der Waals surface area contributed by atoms with Crippen molar-refractivity contribution in [3.8, 4) is 0 Å². The minimum Gasteiger partial charge on any atom is -0.296 e. The molecule has 202 valence electrons. The summed E-state index contributed by atoms with van der Waals surface area (Å²) in [7, 11) is -8.34. The molecule has 1 saturated heterocycles. The molecule has 0 bridgehead atoms. The van der Waals surface area contributed by atoms with Crippen LogP contribution in [-0.4, -0.2) is 58.1 Å². The second-order valence-corrected chi connectivity index (χ2v) is 12.9. The van der Waals surface area contributed by atoms with Crippen LogP contribution in [0.25, 0.3) is 10.8 Å². The second kappa shape index (κ2) is 10.9. The number of amides is 1. The predicted molar refractivity (Wildman–Crippen MR) is 145 cm³/mol. The number of piperazine rings is 1. The molecular weight excluding hydrogens is 541 g/mol. The van der Waals surface area contributed by atoms with E-state index in [1.54, 1.807) is 18.2 Å². The number of carbonyl (C=O) groups excluding carboxylic acids is 1. The Morgan fingerprint density at radius 1 is 0.769 bits per heavy atom. The van der Waals surface area contributed by atoms with Gasteiger partial charge in [0, 0.05) is 43.7 Å². The number of carbonyl (C=O) groups is 1. The molecule has 1 fully saturated rings. The standard InChI is InChI=1S/C28H26FN3O5S2/c29-27-19-25(17-22-9-4-5-12-26(22)27)38(34,35)30-28(33)23-10-6-11-24(18-23)39(36,37)32-15-13-31(14-16-32)20-21-7-2-1-3-8-21/h1-12,17-19H,13-16,20H2,(H,30,33). The maximum atomic E-state index is 14.5. The summed E-state index contributed by atoms with van der Waals surface area (Å²) in [4.78, 5) is 14.5. The summed E-state index contributed by atoms with van der Waals surface area (Å²) in [5.74, 6) is -1.76. The van der Waals surface area contributed by atoms with E-state index in [0.717, 1.165) is 24.2 Å².